The number of aromatic hydroxyl groups is 1. The van der Waals surface area contributed by atoms with Crippen LogP contribution in [-0.2, 0) is 25.5 Å². The molecule has 0 radical (unpaired) electrons. The van der Waals surface area contributed by atoms with E-state index in [9.17, 15) is 23.4 Å². The third-order valence-corrected chi connectivity index (χ3v) is 6.83. The molecule has 1 aromatic carbocycles. The third-order valence-electron chi connectivity index (χ3n) is 4.75. The lowest BCUT2D eigenvalue weighted by atomic mass is 9.79. The summed E-state index contributed by atoms with van der Waals surface area (Å²) >= 11 is 0. The van der Waals surface area contributed by atoms with E-state index in [4.69, 9.17) is 0 Å². The van der Waals surface area contributed by atoms with Crippen molar-refractivity contribution in [3.05, 3.63) is 23.3 Å². The van der Waals surface area contributed by atoms with E-state index in [0.717, 1.165) is 12.8 Å². The number of hydrogen-bond acceptors (Lipinski definition) is 4. The van der Waals surface area contributed by atoms with Gasteiger partial charge in [0, 0.05) is 11.1 Å². The van der Waals surface area contributed by atoms with Gasteiger partial charge in [-0.2, -0.15) is 0 Å². The SMILES string of the molecule is CCCCCC(C(=O)O)S(=O)(=O)c1cc(C(C)(C)C)c(O)c(C(C)(C)C)c1. The molecule has 1 rings (SSSR count). The normalized spacial score (nSPS) is 14.2. The Bertz CT molecular complexity index is 745. The van der Waals surface area contributed by atoms with Crippen molar-refractivity contribution in [2.24, 2.45) is 0 Å². The van der Waals surface area contributed by atoms with Gasteiger partial charge in [-0.05, 0) is 29.4 Å². The van der Waals surface area contributed by atoms with Crippen molar-refractivity contribution in [2.75, 3.05) is 0 Å². The lowest BCUT2D eigenvalue weighted by Crippen LogP contribution is -2.31. The molecule has 1 atom stereocenters. The van der Waals surface area contributed by atoms with Gasteiger partial charge in [0.25, 0.3) is 0 Å². The Hall–Kier alpha value is -1.56. The summed E-state index contributed by atoms with van der Waals surface area (Å²) in [5.74, 6) is -1.25. The molecule has 0 saturated heterocycles. The second-order valence-electron chi connectivity index (χ2n) is 9.23. The van der Waals surface area contributed by atoms with Crippen LogP contribution in [0, 0.1) is 0 Å². The molecule has 5 nitrogen and oxygen atoms in total. The van der Waals surface area contributed by atoms with E-state index < -0.39 is 31.9 Å². The second kappa shape index (κ2) is 8.21. The van der Waals surface area contributed by atoms with Gasteiger partial charge < -0.3 is 10.2 Å². The van der Waals surface area contributed by atoms with E-state index >= 15 is 0 Å². The van der Waals surface area contributed by atoms with Gasteiger partial charge in [-0.25, -0.2) is 8.42 Å². The average molecular weight is 399 g/mol. The predicted octanol–water partition coefficient (Wildman–Crippen LogP) is 4.79. The average Bonchev–Trinajstić information content (AvgIpc) is 2.48. The number of carboxylic acid groups (broad SMARTS) is 1. The lowest BCUT2D eigenvalue weighted by Gasteiger charge is -2.28. The number of phenols is 1. The van der Waals surface area contributed by atoms with Gasteiger partial charge in [-0.1, -0.05) is 67.7 Å². The molecular weight excluding hydrogens is 364 g/mol. The minimum atomic E-state index is -4.07. The van der Waals surface area contributed by atoms with Crippen LogP contribution < -0.4 is 0 Å². The fourth-order valence-electron chi connectivity index (χ4n) is 3.07. The van der Waals surface area contributed by atoms with Gasteiger partial charge in [-0.3, -0.25) is 4.79 Å². The third kappa shape index (κ3) is 5.47. The van der Waals surface area contributed by atoms with Crippen LogP contribution in [0.4, 0.5) is 0 Å². The Kier molecular flexibility index (Phi) is 7.14. The van der Waals surface area contributed by atoms with E-state index in [2.05, 4.69) is 0 Å². The summed E-state index contributed by atoms with van der Waals surface area (Å²) in [5, 5.41) is 18.8. The van der Waals surface area contributed by atoms with Crippen LogP contribution >= 0.6 is 0 Å². The molecule has 27 heavy (non-hydrogen) atoms. The molecule has 6 heteroatoms. The van der Waals surface area contributed by atoms with E-state index in [0.29, 0.717) is 17.5 Å². The Morgan fingerprint density at radius 3 is 1.78 bits per heavy atom. The summed E-state index contributed by atoms with van der Waals surface area (Å²) < 4.78 is 26.4. The van der Waals surface area contributed by atoms with Crippen LogP contribution in [0.3, 0.4) is 0 Å². The standard InChI is InChI=1S/C21H34O5S/c1-8-9-10-11-17(19(23)24)27(25,26)14-12-15(20(2,3)4)18(22)16(13-14)21(5,6)7/h12-13,17,22H,8-11H2,1-7H3,(H,23,24). The molecule has 0 aliphatic carbocycles. The maximum absolute atomic E-state index is 13.2. The van der Waals surface area contributed by atoms with Crippen LogP contribution in [0.15, 0.2) is 17.0 Å². The van der Waals surface area contributed by atoms with Crippen LogP contribution in [0.1, 0.15) is 85.3 Å². The van der Waals surface area contributed by atoms with Gasteiger partial charge in [0.05, 0.1) is 4.90 Å². The quantitative estimate of drug-likeness (QED) is 0.644. The number of carboxylic acids is 1. The zero-order valence-corrected chi connectivity index (χ0v) is 18.4. The van der Waals surface area contributed by atoms with E-state index in [1.807, 2.05) is 48.5 Å². The van der Waals surface area contributed by atoms with Crippen molar-refractivity contribution in [1.82, 2.24) is 0 Å². The molecule has 1 unspecified atom stereocenters. The summed E-state index contributed by atoms with van der Waals surface area (Å²) in [6.07, 6.45) is 2.30. The fraction of sp³-hybridized carbons (Fsp3) is 0.667. The number of benzene rings is 1. The van der Waals surface area contributed by atoms with Crippen molar-refractivity contribution in [3.8, 4) is 5.75 Å². The van der Waals surface area contributed by atoms with Gasteiger partial charge in [-0.15, -0.1) is 0 Å². The molecule has 0 aliphatic rings. The fourth-order valence-corrected chi connectivity index (χ4v) is 4.71. The molecule has 0 amide bonds. The maximum atomic E-state index is 13.2. The summed E-state index contributed by atoms with van der Waals surface area (Å²) in [7, 11) is -4.07. The highest BCUT2D eigenvalue weighted by molar-refractivity contribution is 7.92. The number of carbonyl (C=O) groups is 1. The Labute approximate surface area is 163 Å². The molecule has 2 N–H and O–H groups in total. The number of phenolic OH excluding ortho intramolecular Hbond substituents is 1. The van der Waals surface area contributed by atoms with Crippen molar-refractivity contribution in [1.29, 1.82) is 0 Å². The highest BCUT2D eigenvalue weighted by Crippen LogP contribution is 2.41. The van der Waals surface area contributed by atoms with Crippen LogP contribution in [0.2, 0.25) is 0 Å². The Morgan fingerprint density at radius 1 is 1.00 bits per heavy atom. The number of hydrogen-bond donors (Lipinski definition) is 2. The van der Waals surface area contributed by atoms with E-state index in [-0.39, 0.29) is 17.1 Å². The monoisotopic (exact) mass is 398 g/mol. The minimum absolute atomic E-state index is 0.0287. The van der Waals surface area contributed by atoms with Gasteiger partial charge in [0.15, 0.2) is 15.1 Å². The molecule has 1 aromatic rings. The van der Waals surface area contributed by atoms with Gasteiger partial charge in [0.1, 0.15) is 5.75 Å². The molecule has 0 saturated carbocycles. The van der Waals surface area contributed by atoms with Gasteiger partial charge in [0.2, 0.25) is 0 Å². The minimum Gasteiger partial charge on any atom is -0.507 e. The van der Waals surface area contributed by atoms with Crippen molar-refractivity contribution in [2.45, 2.75) is 95.1 Å². The first kappa shape index (κ1) is 23.5. The molecule has 154 valence electrons. The molecule has 0 spiro atoms. The summed E-state index contributed by atoms with van der Waals surface area (Å²) in [6, 6.07) is 2.88. The van der Waals surface area contributed by atoms with Crippen LogP contribution in [-0.4, -0.2) is 29.9 Å². The smallest absolute Gasteiger partial charge is 0.322 e. The summed E-state index contributed by atoms with van der Waals surface area (Å²) in [5.41, 5.74) is 0.0324. The molecule has 0 fully saturated rings. The molecular formula is C21H34O5S. The first-order valence-electron chi connectivity index (χ1n) is 9.48. The van der Waals surface area contributed by atoms with E-state index in [1.54, 1.807) is 0 Å². The lowest BCUT2D eigenvalue weighted by molar-refractivity contribution is -0.136. The summed E-state index contributed by atoms with van der Waals surface area (Å²) in [4.78, 5) is 11.7. The van der Waals surface area contributed by atoms with Crippen molar-refractivity contribution in [3.63, 3.8) is 0 Å². The Balaban J connectivity index is 3.65. The summed E-state index contributed by atoms with van der Waals surface area (Å²) in [6.45, 7) is 13.3. The van der Waals surface area contributed by atoms with Crippen LogP contribution in [0.5, 0.6) is 5.75 Å². The molecule has 0 aliphatic heterocycles. The number of aliphatic carboxylic acids is 1. The Morgan fingerprint density at radius 2 is 1.44 bits per heavy atom. The zero-order valence-electron chi connectivity index (χ0n) is 17.6. The molecule has 0 heterocycles. The number of rotatable bonds is 7. The maximum Gasteiger partial charge on any atom is 0.322 e. The first-order valence-corrected chi connectivity index (χ1v) is 11.0. The van der Waals surface area contributed by atoms with Crippen molar-refractivity contribution >= 4 is 15.8 Å². The topological polar surface area (TPSA) is 91.7 Å². The van der Waals surface area contributed by atoms with Gasteiger partial charge >= 0.3 is 5.97 Å². The molecule has 0 aromatic heterocycles. The zero-order chi connectivity index (χ0) is 21.2. The highest BCUT2D eigenvalue weighted by atomic mass is 32.2. The number of sulfone groups is 1. The highest BCUT2D eigenvalue weighted by Gasteiger charge is 2.36. The first-order chi connectivity index (χ1) is 12.1. The largest absolute Gasteiger partial charge is 0.507 e. The molecule has 0 bridgehead atoms. The predicted molar refractivity (Wildman–Crippen MR) is 108 cm³/mol. The van der Waals surface area contributed by atoms with E-state index in [1.165, 1.54) is 12.1 Å². The second-order valence-corrected chi connectivity index (χ2v) is 11.4. The van der Waals surface area contributed by atoms with Crippen molar-refractivity contribution < 1.29 is 23.4 Å². The number of unbranched alkanes of at least 4 members (excludes halogenated alkanes) is 2. The van der Waals surface area contributed by atoms with Crippen LogP contribution in [0.25, 0.3) is 0 Å².